The molecule has 3 aromatic rings. The van der Waals surface area contributed by atoms with Crippen LogP contribution in [0.2, 0.25) is 0 Å². The quantitative estimate of drug-likeness (QED) is 0.530. The Hall–Kier alpha value is -2.46. The summed E-state index contributed by atoms with van der Waals surface area (Å²) in [6, 6.07) is 9.34. The van der Waals surface area contributed by atoms with E-state index in [1.54, 1.807) is 18.2 Å². The van der Waals surface area contributed by atoms with Crippen LogP contribution in [-0.4, -0.2) is 23.6 Å². The highest BCUT2D eigenvalue weighted by atomic mass is 79.9. The van der Waals surface area contributed by atoms with E-state index in [1.807, 2.05) is 0 Å². The maximum atomic E-state index is 12.9. The van der Waals surface area contributed by atoms with Crippen LogP contribution in [0.4, 0.5) is 13.2 Å². The third kappa shape index (κ3) is 4.33. The van der Waals surface area contributed by atoms with Gasteiger partial charge in [-0.05, 0) is 36.4 Å². The molecular formula is C18H12BrF3N2O3S. The first-order chi connectivity index (χ1) is 13.2. The van der Waals surface area contributed by atoms with Crippen LogP contribution >= 0.6 is 27.3 Å². The van der Waals surface area contributed by atoms with Crippen LogP contribution in [0.15, 0.2) is 51.9 Å². The van der Waals surface area contributed by atoms with Crippen molar-refractivity contribution in [3.63, 3.8) is 0 Å². The van der Waals surface area contributed by atoms with E-state index >= 15 is 0 Å². The molecule has 0 aliphatic rings. The third-order valence-electron chi connectivity index (χ3n) is 3.79. The number of carbonyl (C=O) groups is 2. The van der Waals surface area contributed by atoms with Crippen molar-refractivity contribution in [2.24, 2.45) is 4.99 Å². The first-order valence-corrected chi connectivity index (χ1v) is 9.42. The second-order valence-electron chi connectivity index (χ2n) is 5.65. The fraction of sp³-hybridized carbons (Fsp3) is 0.167. The maximum Gasteiger partial charge on any atom is 0.416 e. The molecule has 10 heteroatoms. The zero-order valence-corrected chi connectivity index (χ0v) is 16.7. The van der Waals surface area contributed by atoms with Gasteiger partial charge in [-0.1, -0.05) is 33.3 Å². The highest BCUT2D eigenvalue weighted by Crippen LogP contribution is 2.29. The number of esters is 1. The fourth-order valence-corrected chi connectivity index (χ4v) is 4.04. The zero-order chi connectivity index (χ0) is 20.5. The van der Waals surface area contributed by atoms with Gasteiger partial charge in [0.1, 0.15) is 6.54 Å². The highest BCUT2D eigenvalue weighted by Gasteiger charge is 2.30. The number of fused-ring (bicyclic) bond motifs is 1. The van der Waals surface area contributed by atoms with Crippen molar-refractivity contribution in [2.75, 3.05) is 7.11 Å². The molecule has 0 bridgehead atoms. The molecule has 0 radical (unpaired) electrons. The minimum atomic E-state index is -4.56. The molecule has 0 saturated heterocycles. The molecule has 146 valence electrons. The smallest absolute Gasteiger partial charge is 0.416 e. The van der Waals surface area contributed by atoms with Gasteiger partial charge in [0.05, 0.1) is 22.9 Å². The lowest BCUT2D eigenvalue weighted by atomic mass is 10.1. The van der Waals surface area contributed by atoms with Crippen molar-refractivity contribution < 1.29 is 27.5 Å². The summed E-state index contributed by atoms with van der Waals surface area (Å²) >= 11 is 4.49. The van der Waals surface area contributed by atoms with Gasteiger partial charge in [-0.25, -0.2) is 0 Å². The molecule has 1 aromatic heterocycles. The summed E-state index contributed by atoms with van der Waals surface area (Å²) in [5.74, 6) is -1.38. The highest BCUT2D eigenvalue weighted by molar-refractivity contribution is 9.10. The molecule has 1 heterocycles. The average molecular weight is 473 g/mol. The molecule has 1 amide bonds. The molecule has 0 unspecified atom stereocenters. The fourth-order valence-electron chi connectivity index (χ4n) is 2.46. The lowest BCUT2D eigenvalue weighted by Crippen LogP contribution is -2.22. The van der Waals surface area contributed by atoms with Gasteiger partial charge in [0.15, 0.2) is 4.80 Å². The summed E-state index contributed by atoms with van der Waals surface area (Å²) in [5, 5.41) is 0. The normalized spacial score (nSPS) is 12.4. The van der Waals surface area contributed by atoms with Crippen molar-refractivity contribution in [3.8, 4) is 0 Å². The molecule has 0 aliphatic carbocycles. The van der Waals surface area contributed by atoms with E-state index in [0.717, 1.165) is 38.7 Å². The Morgan fingerprint density at radius 1 is 1.21 bits per heavy atom. The lowest BCUT2D eigenvalue weighted by Gasteiger charge is -2.07. The van der Waals surface area contributed by atoms with Gasteiger partial charge in [-0.15, -0.1) is 0 Å². The monoisotopic (exact) mass is 472 g/mol. The molecule has 5 nitrogen and oxygen atoms in total. The molecule has 0 aliphatic heterocycles. The van der Waals surface area contributed by atoms with Crippen molar-refractivity contribution >= 4 is 49.4 Å². The van der Waals surface area contributed by atoms with Crippen LogP contribution in [0, 0.1) is 0 Å². The number of hydrogen-bond donors (Lipinski definition) is 0. The number of hydrogen-bond acceptors (Lipinski definition) is 4. The number of thiazole rings is 1. The predicted molar refractivity (Wildman–Crippen MR) is 101 cm³/mol. The Morgan fingerprint density at radius 3 is 2.64 bits per heavy atom. The topological polar surface area (TPSA) is 60.7 Å². The van der Waals surface area contributed by atoms with Gasteiger partial charge >= 0.3 is 12.1 Å². The lowest BCUT2D eigenvalue weighted by molar-refractivity contribution is -0.141. The van der Waals surface area contributed by atoms with Gasteiger partial charge in [0, 0.05) is 10.0 Å². The molecule has 0 spiro atoms. The number of rotatable bonds is 3. The van der Waals surface area contributed by atoms with Crippen molar-refractivity contribution in [2.45, 2.75) is 12.7 Å². The Morgan fingerprint density at radius 2 is 1.96 bits per heavy atom. The van der Waals surface area contributed by atoms with Crippen molar-refractivity contribution in [1.29, 1.82) is 0 Å². The van der Waals surface area contributed by atoms with Crippen LogP contribution in [0.3, 0.4) is 0 Å². The molecule has 3 rings (SSSR count). The SMILES string of the molecule is COC(=O)Cn1c(=NC(=O)c2cccc(C(F)(F)F)c2)sc2cc(Br)ccc21. The molecule has 0 saturated carbocycles. The number of ether oxygens (including phenoxy) is 1. The summed E-state index contributed by atoms with van der Waals surface area (Å²) in [4.78, 5) is 28.4. The molecule has 0 N–H and O–H groups in total. The Kier molecular flexibility index (Phi) is 5.71. The van der Waals surface area contributed by atoms with E-state index < -0.39 is 23.6 Å². The summed E-state index contributed by atoms with van der Waals surface area (Å²) in [6.07, 6.45) is -4.56. The van der Waals surface area contributed by atoms with Crippen LogP contribution in [0.1, 0.15) is 15.9 Å². The first-order valence-electron chi connectivity index (χ1n) is 7.81. The number of benzene rings is 2. The first kappa shape index (κ1) is 20.3. The van der Waals surface area contributed by atoms with Crippen LogP contribution in [-0.2, 0) is 22.3 Å². The molecule has 2 aromatic carbocycles. The minimum Gasteiger partial charge on any atom is -0.468 e. The third-order valence-corrected chi connectivity index (χ3v) is 5.33. The maximum absolute atomic E-state index is 12.9. The second kappa shape index (κ2) is 7.88. The molecule has 0 fully saturated rings. The Bertz CT molecular complexity index is 1140. The summed E-state index contributed by atoms with van der Waals surface area (Å²) in [6.45, 7) is -0.188. The van der Waals surface area contributed by atoms with E-state index in [9.17, 15) is 22.8 Å². The Labute approximate surface area is 169 Å². The number of amides is 1. The summed E-state index contributed by atoms with van der Waals surface area (Å²) < 4.78 is 46.4. The van der Waals surface area contributed by atoms with Crippen LogP contribution in [0.25, 0.3) is 10.2 Å². The van der Waals surface area contributed by atoms with Gasteiger partial charge in [0.25, 0.3) is 5.91 Å². The van der Waals surface area contributed by atoms with E-state index in [2.05, 4.69) is 25.7 Å². The second-order valence-corrected chi connectivity index (χ2v) is 7.58. The standard InChI is InChI=1S/C18H12BrF3N2O3S/c1-27-15(25)9-24-13-6-5-12(19)8-14(13)28-17(24)23-16(26)10-3-2-4-11(7-10)18(20,21)22/h2-8H,9H2,1H3. The zero-order valence-electron chi connectivity index (χ0n) is 14.3. The van der Waals surface area contributed by atoms with E-state index in [1.165, 1.54) is 17.7 Å². The molecular weight excluding hydrogens is 461 g/mol. The van der Waals surface area contributed by atoms with Gasteiger partial charge in [-0.2, -0.15) is 18.2 Å². The van der Waals surface area contributed by atoms with Gasteiger partial charge in [-0.3, -0.25) is 9.59 Å². The number of nitrogens with zero attached hydrogens (tertiary/aromatic N) is 2. The number of alkyl halides is 3. The molecule has 28 heavy (non-hydrogen) atoms. The number of aromatic nitrogens is 1. The van der Waals surface area contributed by atoms with Crippen LogP contribution in [0.5, 0.6) is 0 Å². The van der Waals surface area contributed by atoms with Crippen molar-refractivity contribution in [1.82, 2.24) is 4.57 Å². The van der Waals surface area contributed by atoms with E-state index in [4.69, 9.17) is 0 Å². The van der Waals surface area contributed by atoms with Gasteiger partial charge < -0.3 is 9.30 Å². The minimum absolute atomic E-state index is 0.181. The summed E-state index contributed by atoms with van der Waals surface area (Å²) in [7, 11) is 1.23. The van der Waals surface area contributed by atoms with Crippen molar-refractivity contribution in [3.05, 3.63) is 62.9 Å². The van der Waals surface area contributed by atoms with E-state index in [-0.39, 0.29) is 16.9 Å². The van der Waals surface area contributed by atoms with Crippen LogP contribution < -0.4 is 4.80 Å². The number of halogens is 4. The van der Waals surface area contributed by atoms with Gasteiger partial charge in [0.2, 0.25) is 0 Å². The van der Waals surface area contributed by atoms with E-state index in [0.29, 0.717) is 5.52 Å². The summed E-state index contributed by atoms with van der Waals surface area (Å²) in [5.41, 5.74) is -0.483. The largest absolute Gasteiger partial charge is 0.468 e. The predicted octanol–water partition coefficient (Wildman–Crippen LogP) is 4.40. The number of carbonyl (C=O) groups excluding carboxylic acids is 2. The average Bonchev–Trinajstić information content (AvgIpc) is 2.97. The Balaban J connectivity index is 2.11. The number of methoxy groups -OCH3 is 1. The molecule has 0 atom stereocenters.